The molecule has 6 rings (SSSR count). The van der Waals surface area contributed by atoms with Gasteiger partial charge in [-0.1, -0.05) is 23.7 Å². The second kappa shape index (κ2) is 8.95. The lowest BCUT2D eigenvalue weighted by molar-refractivity contribution is -0.193. The number of methoxy groups -OCH3 is 1. The summed E-state index contributed by atoms with van der Waals surface area (Å²) in [6, 6.07) is 15.0. The summed E-state index contributed by atoms with van der Waals surface area (Å²) >= 11 is 7.43. The average Bonchev–Trinajstić information content (AvgIpc) is 3.26. The van der Waals surface area contributed by atoms with E-state index in [0.29, 0.717) is 39.0 Å². The van der Waals surface area contributed by atoms with Crippen LogP contribution >= 0.6 is 22.9 Å². The minimum Gasteiger partial charge on any atom is -0.493 e. The molecule has 1 spiro atoms. The molecule has 2 fully saturated rings. The number of hydrogen-bond acceptors (Lipinski definition) is 7. The molecule has 2 saturated heterocycles. The predicted molar refractivity (Wildman–Crippen MR) is 137 cm³/mol. The number of thiophene rings is 1. The minimum absolute atomic E-state index is 0.123. The Kier molecular flexibility index (Phi) is 5.76. The maximum Gasteiger partial charge on any atom is 0.275 e. The quantitative estimate of drug-likeness (QED) is 0.362. The third-order valence-corrected chi connectivity index (χ3v) is 8.28. The van der Waals surface area contributed by atoms with Gasteiger partial charge in [0.1, 0.15) is 17.6 Å². The number of halogens is 1. The maximum atomic E-state index is 13.3. The number of aromatic nitrogens is 2. The largest absolute Gasteiger partial charge is 0.493 e. The zero-order valence-corrected chi connectivity index (χ0v) is 20.8. The highest BCUT2D eigenvalue weighted by molar-refractivity contribution is 7.22. The summed E-state index contributed by atoms with van der Waals surface area (Å²) in [6.07, 6.45) is 2.76. The minimum atomic E-state index is -0.123. The van der Waals surface area contributed by atoms with Crippen LogP contribution in [0.25, 0.3) is 26.3 Å². The highest BCUT2D eigenvalue weighted by atomic mass is 35.5. The molecule has 7 nitrogen and oxygen atoms in total. The number of nitrogens with zero attached hydrogens (tertiary/aromatic N) is 3. The van der Waals surface area contributed by atoms with E-state index < -0.39 is 0 Å². The van der Waals surface area contributed by atoms with Gasteiger partial charge in [-0.2, -0.15) is 0 Å². The molecule has 2 aliphatic heterocycles. The van der Waals surface area contributed by atoms with E-state index in [1.54, 1.807) is 13.4 Å². The van der Waals surface area contributed by atoms with Crippen molar-refractivity contribution in [2.75, 3.05) is 40.0 Å². The van der Waals surface area contributed by atoms with E-state index in [2.05, 4.69) is 9.88 Å². The van der Waals surface area contributed by atoms with Crippen LogP contribution < -0.4 is 15.0 Å². The number of rotatable bonds is 7. The molecule has 0 N–H and O–H groups in total. The Balaban J connectivity index is 1.23. The Morgan fingerprint density at radius 3 is 2.66 bits per heavy atom. The number of ether oxygens (including phenoxy) is 3. The molecule has 0 aliphatic carbocycles. The van der Waals surface area contributed by atoms with E-state index >= 15 is 0 Å². The Morgan fingerprint density at radius 1 is 1.14 bits per heavy atom. The van der Waals surface area contributed by atoms with Crippen molar-refractivity contribution in [3.05, 3.63) is 70.2 Å². The average molecular weight is 510 g/mol. The molecule has 0 amide bonds. The van der Waals surface area contributed by atoms with Crippen LogP contribution in [0.4, 0.5) is 0 Å². The lowest BCUT2D eigenvalue weighted by atomic mass is 9.83. The summed E-state index contributed by atoms with van der Waals surface area (Å²) in [5.74, 6) is 1.23. The monoisotopic (exact) mass is 509 g/mol. The van der Waals surface area contributed by atoms with Crippen molar-refractivity contribution >= 4 is 33.2 Å². The van der Waals surface area contributed by atoms with Crippen LogP contribution in [0.1, 0.15) is 6.42 Å². The molecule has 0 unspecified atom stereocenters. The molecule has 0 bridgehead atoms. The fourth-order valence-electron chi connectivity index (χ4n) is 4.64. The summed E-state index contributed by atoms with van der Waals surface area (Å²) in [6.45, 7) is 4.15. The molecule has 35 heavy (non-hydrogen) atoms. The summed E-state index contributed by atoms with van der Waals surface area (Å²) < 4.78 is 19.1. The first kappa shape index (κ1) is 22.5. The summed E-state index contributed by atoms with van der Waals surface area (Å²) in [5.41, 5.74) is 2.47. The molecule has 0 atom stereocenters. The van der Waals surface area contributed by atoms with Crippen molar-refractivity contribution in [1.29, 1.82) is 0 Å². The number of likely N-dealkylation sites (tertiary alicyclic amines) is 1. The fraction of sp³-hybridized carbons (Fsp3) is 0.308. The summed E-state index contributed by atoms with van der Waals surface area (Å²) in [7, 11) is 1.60. The zero-order valence-electron chi connectivity index (χ0n) is 19.2. The van der Waals surface area contributed by atoms with Crippen molar-refractivity contribution in [3.63, 3.8) is 0 Å². The van der Waals surface area contributed by atoms with Gasteiger partial charge in [-0.05, 0) is 42.3 Å². The Labute approximate surface area is 211 Å². The third kappa shape index (κ3) is 4.00. The molecule has 2 aliphatic rings. The van der Waals surface area contributed by atoms with Gasteiger partial charge >= 0.3 is 0 Å². The van der Waals surface area contributed by atoms with E-state index in [9.17, 15) is 4.79 Å². The van der Waals surface area contributed by atoms with Gasteiger partial charge in [-0.15, -0.1) is 11.3 Å². The van der Waals surface area contributed by atoms with E-state index in [-0.39, 0.29) is 11.1 Å². The number of benzene rings is 2. The van der Waals surface area contributed by atoms with Crippen molar-refractivity contribution in [2.24, 2.45) is 0 Å². The zero-order chi connectivity index (χ0) is 24.0. The van der Waals surface area contributed by atoms with E-state index in [4.69, 9.17) is 25.8 Å². The molecule has 0 saturated carbocycles. The standard InChI is InChI=1S/C26H24ClN3O4S/c1-32-22-12-19(6-7-21(22)34-11-10-29-9-8-26(29)14-33-15-26)30-16-28-20-13-23(35-24(20)25(30)31)17-2-4-18(27)5-3-17/h2-7,12-13,16H,8-11,14-15H2,1H3. The van der Waals surface area contributed by atoms with Crippen molar-refractivity contribution in [2.45, 2.75) is 12.0 Å². The van der Waals surface area contributed by atoms with Gasteiger partial charge in [0.2, 0.25) is 0 Å². The number of fused-ring (bicyclic) bond motifs is 1. The first-order valence-electron chi connectivity index (χ1n) is 11.5. The van der Waals surface area contributed by atoms with Gasteiger partial charge < -0.3 is 14.2 Å². The first-order chi connectivity index (χ1) is 17.1. The second-order valence-corrected chi connectivity index (χ2v) is 10.4. The predicted octanol–water partition coefficient (Wildman–Crippen LogP) is 4.63. The normalized spacial score (nSPS) is 16.7. The lowest BCUT2D eigenvalue weighted by Crippen LogP contribution is -2.71. The van der Waals surface area contributed by atoms with Gasteiger partial charge in [-0.25, -0.2) is 4.98 Å². The molecule has 4 aromatic rings. The summed E-state index contributed by atoms with van der Waals surface area (Å²) in [4.78, 5) is 21.2. The van der Waals surface area contributed by atoms with Gasteiger partial charge in [0.25, 0.3) is 5.56 Å². The SMILES string of the molecule is COc1cc(-n2cnc3cc(-c4ccc(Cl)cc4)sc3c2=O)ccc1OCCN1CCC12COC2. The van der Waals surface area contributed by atoms with E-state index in [1.165, 1.54) is 22.3 Å². The van der Waals surface area contributed by atoms with Crippen LogP contribution in [-0.2, 0) is 4.74 Å². The van der Waals surface area contributed by atoms with Gasteiger partial charge in [0.05, 0.1) is 37.1 Å². The highest BCUT2D eigenvalue weighted by Crippen LogP contribution is 2.37. The van der Waals surface area contributed by atoms with Crippen LogP contribution in [0.15, 0.2) is 59.7 Å². The first-order valence-corrected chi connectivity index (χ1v) is 12.7. The highest BCUT2D eigenvalue weighted by Gasteiger charge is 2.50. The molecule has 9 heteroatoms. The molecule has 180 valence electrons. The van der Waals surface area contributed by atoms with Crippen LogP contribution in [-0.4, -0.2) is 60.0 Å². The topological polar surface area (TPSA) is 65.8 Å². The molecule has 2 aromatic heterocycles. The fourth-order valence-corrected chi connectivity index (χ4v) is 5.82. The smallest absolute Gasteiger partial charge is 0.275 e. The molecule has 2 aromatic carbocycles. The van der Waals surface area contributed by atoms with E-state index in [0.717, 1.165) is 36.7 Å². The Hall–Kier alpha value is -2.91. The van der Waals surface area contributed by atoms with Crippen LogP contribution in [0.5, 0.6) is 11.5 Å². The van der Waals surface area contributed by atoms with E-state index in [1.807, 2.05) is 48.5 Å². The van der Waals surface area contributed by atoms with Gasteiger partial charge in [0.15, 0.2) is 11.5 Å². The maximum absolute atomic E-state index is 13.3. The Bertz CT molecular complexity index is 1440. The molecule has 4 heterocycles. The summed E-state index contributed by atoms with van der Waals surface area (Å²) in [5, 5.41) is 0.675. The van der Waals surface area contributed by atoms with Crippen LogP contribution in [0, 0.1) is 0 Å². The molecule has 0 radical (unpaired) electrons. The van der Waals surface area contributed by atoms with Gasteiger partial charge in [-0.3, -0.25) is 14.3 Å². The lowest BCUT2D eigenvalue weighted by Gasteiger charge is -2.57. The van der Waals surface area contributed by atoms with Crippen LogP contribution in [0.3, 0.4) is 0 Å². The van der Waals surface area contributed by atoms with Crippen molar-refractivity contribution in [3.8, 4) is 27.6 Å². The second-order valence-electron chi connectivity index (χ2n) is 8.89. The van der Waals surface area contributed by atoms with Crippen LogP contribution in [0.2, 0.25) is 5.02 Å². The van der Waals surface area contributed by atoms with Crippen molar-refractivity contribution < 1.29 is 14.2 Å². The molecular weight excluding hydrogens is 486 g/mol. The third-order valence-electron chi connectivity index (χ3n) is 6.87. The Morgan fingerprint density at radius 2 is 1.97 bits per heavy atom. The van der Waals surface area contributed by atoms with Crippen molar-refractivity contribution in [1.82, 2.24) is 14.5 Å². The number of hydrogen-bond donors (Lipinski definition) is 0. The molecular formula is C26H24ClN3O4S. The van der Waals surface area contributed by atoms with Gasteiger partial charge in [0, 0.05) is 29.1 Å².